The fraction of sp³-hybridized carbons (Fsp3) is 0.714. The number of hydrogen-bond donors (Lipinski definition) is 1. The third-order valence-corrected chi connectivity index (χ3v) is 4.49. The van der Waals surface area contributed by atoms with Gasteiger partial charge in [0, 0.05) is 22.9 Å². The Hall–Kier alpha value is -0.650. The van der Waals surface area contributed by atoms with Crippen LogP contribution in [-0.2, 0) is 11.2 Å². The van der Waals surface area contributed by atoms with Crippen molar-refractivity contribution in [2.75, 3.05) is 24.7 Å². The van der Waals surface area contributed by atoms with E-state index in [4.69, 9.17) is 10.5 Å². The monoisotopic (exact) mass is 281 g/mol. The van der Waals surface area contributed by atoms with Crippen LogP contribution in [0.2, 0.25) is 0 Å². The second kappa shape index (κ2) is 6.68. The highest BCUT2D eigenvalue weighted by molar-refractivity contribution is 7.99. The van der Waals surface area contributed by atoms with Gasteiger partial charge in [-0.25, -0.2) is 9.97 Å². The highest BCUT2D eigenvalue weighted by Crippen LogP contribution is 2.26. The lowest BCUT2D eigenvalue weighted by atomic mass is 9.99. The van der Waals surface area contributed by atoms with E-state index in [1.165, 1.54) is 5.56 Å². The van der Waals surface area contributed by atoms with Crippen molar-refractivity contribution in [2.45, 2.75) is 33.3 Å². The molecule has 0 radical (unpaired) electrons. The van der Waals surface area contributed by atoms with Crippen LogP contribution in [0.25, 0.3) is 0 Å². The Morgan fingerprint density at radius 1 is 1.37 bits per heavy atom. The summed E-state index contributed by atoms with van der Waals surface area (Å²) in [6.07, 6.45) is 1.01. The van der Waals surface area contributed by atoms with Gasteiger partial charge < -0.3 is 10.5 Å². The Kier molecular flexibility index (Phi) is 5.19. The SMILES string of the molecule is Cc1nc(C2CSCCO2)nc(C)c1CC(C)CN. The summed E-state index contributed by atoms with van der Waals surface area (Å²) in [5.74, 6) is 3.33. The molecular formula is C14H23N3OS. The zero-order valence-corrected chi connectivity index (χ0v) is 12.8. The summed E-state index contributed by atoms with van der Waals surface area (Å²) in [6, 6.07) is 0. The smallest absolute Gasteiger partial charge is 0.158 e. The highest BCUT2D eigenvalue weighted by atomic mass is 32.2. The number of aromatic nitrogens is 2. The summed E-state index contributed by atoms with van der Waals surface area (Å²) in [6.45, 7) is 7.78. The van der Waals surface area contributed by atoms with Gasteiger partial charge in [-0.2, -0.15) is 11.8 Å². The van der Waals surface area contributed by atoms with E-state index in [-0.39, 0.29) is 6.10 Å². The molecule has 0 aliphatic carbocycles. The Balaban J connectivity index is 2.20. The first kappa shape index (κ1) is 14.8. The minimum atomic E-state index is 0.0529. The molecule has 2 unspecified atom stereocenters. The maximum atomic E-state index is 5.75. The molecule has 0 amide bonds. The molecule has 2 atom stereocenters. The molecule has 1 aromatic heterocycles. The molecule has 0 saturated carbocycles. The third-order valence-electron chi connectivity index (χ3n) is 3.50. The minimum Gasteiger partial charge on any atom is -0.368 e. The first-order chi connectivity index (χ1) is 9.11. The van der Waals surface area contributed by atoms with Crippen molar-refractivity contribution in [3.63, 3.8) is 0 Å². The molecule has 0 bridgehead atoms. The van der Waals surface area contributed by atoms with Gasteiger partial charge in [-0.05, 0) is 38.3 Å². The van der Waals surface area contributed by atoms with Crippen molar-refractivity contribution in [1.82, 2.24) is 9.97 Å². The minimum absolute atomic E-state index is 0.0529. The molecule has 1 aliphatic heterocycles. The van der Waals surface area contributed by atoms with Crippen molar-refractivity contribution >= 4 is 11.8 Å². The molecule has 0 aromatic carbocycles. The fourth-order valence-corrected chi connectivity index (χ4v) is 3.11. The first-order valence-corrected chi connectivity index (χ1v) is 8.00. The maximum absolute atomic E-state index is 5.75. The Morgan fingerprint density at radius 3 is 2.58 bits per heavy atom. The molecule has 5 heteroatoms. The molecule has 1 aliphatic rings. The van der Waals surface area contributed by atoms with Crippen molar-refractivity contribution < 1.29 is 4.74 Å². The Morgan fingerprint density at radius 2 is 2.05 bits per heavy atom. The molecule has 2 heterocycles. The van der Waals surface area contributed by atoms with Crippen LogP contribution in [0.4, 0.5) is 0 Å². The topological polar surface area (TPSA) is 61.0 Å². The number of rotatable bonds is 4. The zero-order valence-electron chi connectivity index (χ0n) is 12.0. The van der Waals surface area contributed by atoms with E-state index in [0.717, 1.165) is 41.7 Å². The van der Waals surface area contributed by atoms with E-state index in [9.17, 15) is 0 Å². The van der Waals surface area contributed by atoms with Gasteiger partial charge in [-0.1, -0.05) is 6.92 Å². The lowest BCUT2D eigenvalue weighted by Crippen LogP contribution is -2.20. The Bertz CT molecular complexity index is 410. The molecule has 1 saturated heterocycles. The van der Waals surface area contributed by atoms with Crippen LogP contribution in [0.5, 0.6) is 0 Å². The van der Waals surface area contributed by atoms with Gasteiger partial charge in [0.25, 0.3) is 0 Å². The second-order valence-electron chi connectivity index (χ2n) is 5.21. The summed E-state index contributed by atoms with van der Waals surface area (Å²) >= 11 is 1.91. The third kappa shape index (κ3) is 3.68. The summed E-state index contributed by atoms with van der Waals surface area (Å²) in [7, 11) is 0. The van der Waals surface area contributed by atoms with E-state index in [0.29, 0.717) is 12.5 Å². The van der Waals surface area contributed by atoms with Crippen molar-refractivity contribution in [3.8, 4) is 0 Å². The number of aryl methyl sites for hydroxylation is 2. The summed E-state index contributed by atoms with van der Waals surface area (Å²) < 4.78 is 5.75. The van der Waals surface area contributed by atoms with Crippen LogP contribution in [0.1, 0.15) is 35.8 Å². The molecule has 106 valence electrons. The van der Waals surface area contributed by atoms with Crippen molar-refractivity contribution in [3.05, 3.63) is 22.8 Å². The molecule has 1 fully saturated rings. The van der Waals surface area contributed by atoms with E-state index in [1.54, 1.807) is 0 Å². The first-order valence-electron chi connectivity index (χ1n) is 6.85. The molecule has 2 rings (SSSR count). The van der Waals surface area contributed by atoms with Gasteiger partial charge in [0.05, 0.1) is 6.61 Å². The predicted octanol–water partition coefficient (Wildman–Crippen LogP) is 2.04. The van der Waals surface area contributed by atoms with Crippen LogP contribution in [-0.4, -0.2) is 34.6 Å². The highest BCUT2D eigenvalue weighted by Gasteiger charge is 2.21. The molecule has 0 spiro atoms. The lowest BCUT2D eigenvalue weighted by Gasteiger charge is -2.22. The number of hydrogen-bond acceptors (Lipinski definition) is 5. The van der Waals surface area contributed by atoms with Crippen molar-refractivity contribution in [1.29, 1.82) is 0 Å². The second-order valence-corrected chi connectivity index (χ2v) is 6.36. The van der Waals surface area contributed by atoms with Gasteiger partial charge in [0.15, 0.2) is 5.82 Å². The average Bonchev–Trinajstić information content (AvgIpc) is 2.43. The zero-order chi connectivity index (χ0) is 13.8. The fourth-order valence-electron chi connectivity index (χ4n) is 2.27. The molecule has 2 N–H and O–H groups in total. The molecule has 19 heavy (non-hydrogen) atoms. The van der Waals surface area contributed by atoms with Crippen LogP contribution < -0.4 is 5.73 Å². The molecule has 1 aromatic rings. The number of nitrogens with zero attached hydrogens (tertiary/aromatic N) is 2. The van der Waals surface area contributed by atoms with Crippen LogP contribution >= 0.6 is 11.8 Å². The van der Waals surface area contributed by atoms with Crippen LogP contribution in [0.15, 0.2) is 0 Å². The summed E-state index contributed by atoms with van der Waals surface area (Å²) in [4.78, 5) is 9.31. The van der Waals surface area contributed by atoms with Gasteiger partial charge in [0.2, 0.25) is 0 Å². The number of thioether (sulfide) groups is 1. The van der Waals surface area contributed by atoms with Gasteiger partial charge in [-0.3, -0.25) is 0 Å². The normalized spacial score (nSPS) is 21.4. The van der Waals surface area contributed by atoms with Gasteiger partial charge in [0.1, 0.15) is 6.10 Å². The number of nitrogens with two attached hydrogens (primary N) is 1. The van der Waals surface area contributed by atoms with Crippen LogP contribution in [0.3, 0.4) is 0 Å². The predicted molar refractivity (Wildman–Crippen MR) is 79.4 cm³/mol. The van der Waals surface area contributed by atoms with Crippen molar-refractivity contribution in [2.24, 2.45) is 11.7 Å². The van der Waals surface area contributed by atoms with E-state index in [2.05, 4.69) is 30.7 Å². The standard InChI is InChI=1S/C14H23N3OS/c1-9(7-15)6-12-10(2)16-14(17-11(12)3)13-8-19-5-4-18-13/h9,13H,4-8,15H2,1-3H3. The summed E-state index contributed by atoms with van der Waals surface area (Å²) in [5, 5.41) is 0. The van der Waals surface area contributed by atoms with Gasteiger partial charge in [-0.15, -0.1) is 0 Å². The quantitative estimate of drug-likeness (QED) is 0.915. The van der Waals surface area contributed by atoms with E-state index < -0.39 is 0 Å². The van der Waals surface area contributed by atoms with E-state index >= 15 is 0 Å². The van der Waals surface area contributed by atoms with Gasteiger partial charge >= 0.3 is 0 Å². The number of ether oxygens (including phenoxy) is 1. The Labute approximate surface area is 119 Å². The van der Waals surface area contributed by atoms with E-state index in [1.807, 2.05) is 11.8 Å². The van der Waals surface area contributed by atoms with Crippen LogP contribution in [0, 0.1) is 19.8 Å². The molecule has 4 nitrogen and oxygen atoms in total. The lowest BCUT2D eigenvalue weighted by molar-refractivity contribution is 0.0691. The molecular weight excluding hydrogens is 258 g/mol. The average molecular weight is 281 g/mol. The largest absolute Gasteiger partial charge is 0.368 e. The summed E-state index contributed by atoms with van der Waals surface area (Å²) in [5.41, 5.74) is 9.09. The maximum Gasteiger partial charge on any atom is 0.158 e.